The topological polar surface area (TPSA) is 75.6 Å². The van der Waals surface area contributed by atoms with Gasteiger partial charge in [-0.1, -0.05) is 39.7 Å². The summed E-state index contributed by atoms with van der Waals surface area (Å²) in [6.07, 6.45) is 7.42. The van der Waals surface area contributed by atoms with Gasteiger partial charge in [0.15, 0.2) is 0 Å². The molecule has 29 heavy (non-hydrogen) atoms. The van der Waals surface area contributed by atoms with Gasteiger partial charge in [0, 0.05) is 18.3 Å². The fraction of sp³-hybridized carbons (Fsp3) is 0.667. The zero-order valence-corrected chi connectivity index (χ0v) is 18.0. The summed E-state index contributed by atoms with van der Waals surface area (Å²) in [7, 11) is 0. The van der Waals surface area contributed by atoms with Crippen molar-refractivity contribution >= 4 is 11.9 Å². The highest BCUT2D eigenvalue weighted by atomic mass is 16.5. The van der Waals surface area contributed by atoms with Crippen LogP contribution >= 0.6 is 0 Å². The van der Waals surface area contributed by atoms with Gasteiger partial charge >= 0.3 is 5.97 Å². The number of nitrogens with one attached hydrogen (secondary N) is 1. The van der Waals surface area contributed by atoms with Gasteiger partial charge in [-0.2, -0.15) is 0 Å². The number of aliphatic hydroxyl groups excluding tert-OH is 1. The lowest BCUT2D eigenvalue weighted by atomic mass is 9.74. The van der Waals surface area contributed by atoms with Crippen LogP contribution in [0, 0.1) is 11.8 Å². The minimum absolute atomic E-state index is 0.0278. The second kappa shape index (κ2) is 9.75. The van der Waals surface area contributed by atoms with Crippen molar-refractivity contribution in [3.63, 3.8) is 0 Å². The molecule has 1 aliphatic heterocycles. The second-order valence-electron chi connectivity index (χ2n) is 8.84. The van der Waals surface area contributed by atoms with Crippen LogP contribution in [0.15, 0.2) is 12.1 Å². The van der Waals surface area contributed by atoms with E-state index in [-0.39, 0.29) is 42.3 Å². The Labute approximate surface area is 174 Å². The summed E-state index contributed by atoms with van der Waals surface area (Å²) in [4.78, 5) is 24.9. The maximum Gasteiger partial charge on any atom is 0.311 e. The molecule has 2 N–H and O–H groups in total. The predicted molar refractivity (Wildman–Crippen MR) is 113 cm³/mol. The number of aliphatic hydroxyl groups is 1. The van der Waals surface area contributed by atoms with Crippen molar-refractivity contribution in [3.8, 4) is 5.75 Å². The second-order valence-corrected chi connectivity index (χ2v) is 8.84. The molecule has 0 saturated carbocycles. The highest BCUT2D eigenvalue weighted by Gasteiger charge is 2.45. The summed E-state index contributed by atoms with van der Waals surface area (Å²) in [5.74, 6) is 0.537. The maximum atomic E-state index is 12.6. The van der Waals surface area contributed by atoms with Crippen LogP contribution in [0.5, 0.6) is 5.75 Å². The lowest BCUT2D eigenvalue weighted by Gasteiger charge is -2.30. The zero-order valence-electron chi connectivity index (χ0n) is 18.0. The molecule has 1 heterocycles. The van der Waals surface area contributed by atoms with E-state index in [4.69, 9.17) is 4.74 Å². The summed E-state index contributed by atoms with van der Waals surface area (Å²) in [6.45, 7) is 6.18. The van der Waals surface area contributed by atoms with Gasteiger partial charge in [0.1, 0.15) is 5.75 Å². The Bertz CT molecular complexity index is 743. The van der Waals surface area contributed by atoms with Crippen LogP contribution in [-0.4, -0.2) is 29.6 Å². The molecule has 5 heteroatoms. The molecule has 1 aromatic carbocycles. The molecular formula is C24H35NO4. The fourth-order valence-electron chi connectivity index (χ4n) is 5.03. The monoisotopic (exact) mass is 401 g/mol. The summed E-state index contributed by atoms with van der Waals surface area (Å²) in [6, 6.07) is 3.68. The Balaban J connectivity index is 1.92. The van der Waals surface area contributed by atoms with Crippen molar-refractivity contribution in [2.75, 3.05) is 6.61 Å². The van der Waals surface area contributed by atoms with Crippen molar-refractivity contribution in [1.82, 2.24) is 5.32 Å². The van der Waals surface area contributed by atoms with Gasteiger partial charge < -0.3 is 15.2 Å². The Morgan fingerprint density at radius 2 is 1.93 bits per heavy atom. The lowest BCUT2D eigenvalue weighted by molar-refractivity contribution is -0.134. The van der Waals surface area contributed by atoms with Crippen LogP contribution in [-0.2, 0) is 22.4 Å². The molecule has 0 bridgehead atoms. The highest BCUT2D eigenvalue weighted by molar-refractivity contribution is 5.83. The molecule has 5 nitrogen and oxygen atoms in total. The first-order valence-corrected chi connectivity index (χ1v) is 11.2. The van der Waals surface area contributed by atoms with E-state index < -0.39 is 0 Å². The van der Waals surface area contributed by atoms with Crippen molar-refractivity contribution in [2.24, 2.45) is 11.8 Å². The first-order valence-electron chi connectivity index (χ1n) is 11.2. The van der Waals surface area contributed by atoms with Crippen LogP contribution in [0.25, 0.3) is 0 Å². The maximum absolute atomic E-state index is 12.6. The average molecular weight is 402 g/mol. The van der Waals surface area contributed by atoms with Crippen molar-refractivity contribution in [3.05, 3.63) is 28.8 Å². The zero-order chi connectivity index (χ0) is 21.0. The van der Waals surface area contributed by atoms with Gasteiger partial charge in [0.2, 0.25) is 5.91 Å². The van der Waals surface area contributed by atoms with Crippen molar-refractivity contribution in [2.45, 2.75) is 84.1 Å². The molecule has 2 aliphatic rings. The van der Waals surface area contributed by atoms with E-state index in [0.29, 0.717) is 12.2 Å². The molecule has 3 rings (SSSR count). The number of rotatable bonds is 8. The molecule has 160 valence electrons. The number of carbonyl (C=O) groups is 2. The number of esters is 1. The van der Waals surface area contributed by atoms with Crippen molar-refractivity contribution in [1.29, 1.82) is 0 Å². The van der Waals surface area contributed by atoms with Gasteiger partial charge in [-0.05, 0) is 60.8 Å². The van der Waals surface area contributed by atoms with E-state index in [1.807, 2.05) is 12.1 Å². The summed E-state index contributed by atoms with van der Waals surface area (Å²) < 4.78 is 5.75. The molecule has 0 spiro atoms. The predicted octanol–water partition coefficient (Wildman–Crippen LogP) is 3.90. The summed E-state index contributed by atoms with van der Waals surface area (Å²) >= 11 is 0. The Kier molecular flexibility index (Phi) is 7.33. The molecule has 1 fully saturated rings. The highest BCUT2D eigenvalue weighted by Crippen LogP contribution is 2.43. The number of unbranched alkanes of at least 4 members (excludes halogenated alkanes) is 2. The van der Waals surface area contributed by atoms with E-state index in [1.54, 1.807) is 0 Å². The number of amides is 1. The van der Waals surface area contributed by atoms with Crippen LogP contribution in [0.3, 0.4) is 0 Å². The molecule has 1 amide bonds. The van der Waals surface area contributed by atoms with E-state index >= 15 is 0 Å². The van der Waals surface area contributed by atoms with Crippen LogP contribution in [0.4, 0.5) is 0 Å². The third-order valence-electron chi connectivity index (χ3n) is 6.46. The van der Waals surface area contributed by atoms with Crippen LogP contribution in [0.2, 0.25) is 0 Å². The van der Waals surface area contributed by atoms with Crippen LogP contribution < -0.4 is 10.1 Å². The third kappa shape index (κ3) is 4.66. The lowest BCUT2D eigenvalue weighted by Crippen LogP contribution is -2.32. The molecule has 1 aromatic rings. The van der Waals surface area contributed by atoms with Gasteiger partial charge in [0.05, 0.1) is 12.6 Å². The number of fused-ring (bicyclic) bond motifs is 1. The van der Waals surface area contributed by atoms with Gasteiger partial charge in [-0.3, -0.25) is 9.59 Å². The van der Waals surface area contributed by atoms with E-state index in [1.165, 1.54) is 5.56 Å². The summed E-state index contributed by atoms with van der Waals surface area (Å²) in [5.41, 5.74) is 3.48. The van der Waals surface area contributed by atoms with Gasteiger partial charge in [0.25, 0.3) is 0 Å². The van der Waals surface area contributed by atoms with E-state index in [0.717, 1.165) is 56.1 Å². The smallest absolute Gasteiger partial charge is 0.311 e. The SMILES string of the molecule is CCCCCC(=O)Oc1ccc([C@@H]2[C@@H](C(C)C)C(=O)N[C@@H]2CO)c2c1CCCC2. The van der Waals surface area contributed by atoms with E-state index in [2.05, 4.69) is 26.1 Å². The molecule has 3 atom stereocenters. The average Bonchev–Trinajstić information content (AvgIpc) is 3.04. The molecule has 1 saturated heterocycles. The van der Waals surface area contributed by atoms with Gasteiger partial charge in [-0.25, -0.2) is 0 Å². The molecular weight excluding hydrogens is 366 g/mol. The standard InChI is InChI=1S/C24H35NO4/c1-4-5-6-11-21(27)29-20-13-12-18(16-9-7-8-10-17(16)20)23-19(14-26)25-24(28)22(23)15(2)3/h12-13,15,19,22-23,26H,4-11,14H2,1-3H3,(H,25,28)/t19-,22-,23+/m1/s1. The largest absolute Gasteiger partial charge is 0.426 e. The number of hydrogen-bond acceptors (Lipinski definition) is 4. The quantitative estimate of drug-likeness (QED) is 0.394. The number of ether oxygens (including phenoxy) is 1. The molecule has 1 aliphatic carbocycles. The van der Waals surface area contributed by atoms with Crippen LogP contribution in [0.1, 0.15) is 81.9 Å². The molecule has 0 unspecified atom stereocenters. The van der Waals surface area contributed by atoms with E-state index in [9.17, 15) is 14.7 Å². The first kappa shape index (κ1) is 21.8. The molecule has 0 aromatic heterocycles. The third-order valence-corrected chi connectivity index (χ3v) is 6.46. The minimum Gasteiger partial charge on any atom is -0.426 e. The number of benzene rings is 1. The normalized spacial score (nSPS) is 23.8. The Morgan fingerprint density at radius 3 is 2.59 bits per heavy atom. The number of carbonyl (C=O) groups excluding carboxylic acids is 2. The Hall–Kier alpha value is -1.88. The molecule has 0 radical (unpaired) electrons. The van der Waals surface area contributed by atoms with Crippen molar-refractivity contribution < 1.29 is 19.4 Å². The first-order chi connectivity index (χ1) is 14.0. The fourth-order valence-corrected chi connectivity index (χ4v) is 5.03. The minimum atomic E-state index is -0.261. The Morgan fingerprint density at radius 1 is 1.21 bits per heavy atom. The number of hydrogen-bond donors (Lipinski definition) is 2. The summed E-state index contributed by atoms with van der Waals surface area (Å²) in [5, 5.41) is 12.9. The van der Waals surface area contributed by atoms with Gasteiger partial charge in [-0.15, -0.1) is 0 Å².